The average molecular weight is 414 g/mol. The monoisotopic (exact) mass is 414 g/mol. The molecule has 2 aromatic carbocycles. The Morgan fingerprint density at radius 1 is 1.14 bits per heavy atom. The van der Waals surface area contributed by atoms with E-state index in [4.69, 9.17) is 9.47 Å². The second-order valence-electron chi connectivity index (χ2n) is 6.01. The molecule has 0 aliphatic carbocycles. The van der Waals surface area contributed by atoms with Crippen LogP contribution in [0.2, 0.25) is 0 Å². The van der Waals surface area contributed by atoms with Crippen LogP contribution < -0.4 is 20.3 Å². The third-order valence-corrected chi connectivity index (χ3v) is 4.80. The molecule has 3 aromatic rings. The van der Waals surface area contributed by atoms with Crippen molar-refractivity contribution in [3.05, 3.63) is 58.6 Å². The number of hydrogen-bond acceptors (Lipinski definition) is 7. The highest BCUT2D eigenvalue weighted by Crippen LogP contribution is 2.33. The molecule has 0 saturated heterocycles. The molecule has 1 amide bonds. The summed E-state index contributed by atoms with van der Waals surface area (Å²) >= 11 is 1.01. The molecule has 0 bridgehead atoms. The number of carbonyl (C=O) groups excluding carboxylic acids is 1. The minimum absolute atomic E-state index is 0.0233. The van der Waals surface area contributed by atoms with Crippen LogP contribution in [0.5, 0.6) is 11.5 Å². The van der Waals surface area contributed by atoms with Gasteiger partial charge in [-0.15, -0.1) is 10.2 Å². The Balaban J connectivity index is 1.42. The van der Waals surface area contributed by atoms with Crippen LogP contribution in [0.25, 0.3) is 11.3 Å². The van der Waals surface area contributed by atoms with Crippen molar-refractivity contribution < 1.29 is 18.7 Å². The zero-order valence-corrected chi connectivity index (χ0v) is 15.8. The number of carbonyl (C=O) groups is 1. The highest BCUT2D eigenvalue weighted by Gasteiger charge is 2.15. The number of ether oxygens (including phenoxy) is 2. The van der Waals surface area contributed by atoms with Crippen molar-refractivity contribution in [2.24, 2.45) is 0 Å². The number of fused-ring (bicyclic) bond motifs is 1. The summed E-state index contributed by atoms with van der Waals surface area (Å²) in [5.41, 5.74) is 0.591. The van der Waals surface area contributed by atoms with Gasteiger partial charge < -0.3 is 14.8 Å². The van der Waals surface area contributed by atoms with Gasteiger partial charge in [-0.3, -0.25) is 14.6 Å². The minimum Gasteiger partial charge on any atom is -0.486 e. The van der Waals surface area contributed by atoms with E-state index >= 15 is 0 Å². The zero-order chi connectivity index (χ0) is 20.2. The minimum atomic E-state index is -0.444. The van der Waals surface area contributed by atoms with Crippen molar-refractivity contribution in [3.8, 4) is 22.8 Å². The molecule has 0 atom stereocenters. The van der Waals surface area contributed by atoms with E-state index in [2.05, 4.69) is 20.5 Å². The van der Waals surface area contributed by atoms with Gasteiger partial charge in [-0.25, -0.2) is 4.39 Å². The van der Waals surface area contributed by atoms with E-state index in [9.17, 15) is 14.0 Å². The van der Waals surface area contributed by atoms with Gasteiger partial charge in [-0.1, -0.05) is 17.8 Å². The van der Waals surface area contributed by atoms with Crippen molar-refractivity contribution in [1.82, 2.24) is 15.2 Å². The fraction of sp³-hybridized carbons (Fsp3) is 0.158. The molecule has 0 saturated carbocycles. The highest BCUT2D eigenvalue weighted by atomic mass is 32.2. The van der Waals surface area contributed by atoms with E-state index < -0.39 is 11.4 Å². The highest BCUT2D eigenvalue weighted by molar-refractivity contribution is 7.99. The smallest absolute Gasteiger partial charge is 0.278 e. The van der Waals surface area contributed by atoms with Crippen molar-refractivity contribution in [2.45, 2.75) is 5.16 Å². The lowest BCUT2D eigenvalue weighted by molar-refractivity contribution is -0.113. The fourth-order valence-electron chi connectivity index (χ4n) is 2.66. The van der Waals surface area contributed by atoms with Gasteiger partial charge in [-0.05, 0) is 36.4 Å². The van der Waals surface area contributed by atoms with Crippen LogP contribution in [0.3, 0.4) is 0 Å². The predicted molar refractivity (Wildman–Crippen MR) is 105 cm³/mol. The Morgan fingerprint density at radius 2 is 1.97 bits per heavy atom. The summed E-state index contributed by atoms with van der Waals surface area (Å²) in [5.74, 6) is 0.327. The standard InChI is InChI=1S/C19H15FN4O4S/c20-12-2-1-3-13(9-12)21-16(25)10-29-19-22-18(26)17(23-24-19)11-4-5-14-15(8-11)28-7-6-27-14/h1-5,8-9H,6-7,10H2,(H,21,25)(H,22,24,26). The maximum Gasteiger partial charge on any atom is 0.278 e. The number of aromatic nitrogens is 3. The van der Waals surface area contributed by atoms with Crippen LogP contribution in [0.4, 0.5) is 10.1 Å². The zero-order valence-electron chi connectivity index (χ0n) is 15.0. The van der Waals surface area contributed by atoms with Gasteiger partial charge in [0.05, 0.1) is 5.75 Å². The first-order valence-electron chi connectivity index (χ1n) is 8.64. The maximum absolute atomic E-state index is 13.2. The van der Waals surface area contributed by atoms with Gasteiger partial charge in [0.2, 0.25) is 5.91 Å². The first kappa shape index (κ1) is 18.9. The molecule has 2 heterocycles. The first-order valence-corrected chi connectivity index (χ1v) is 9.62. The number of nitrogens with one attached hydrogen (secondary N) is 2. The molecule has 8 nitrogen and oxygen atoms in total. The van der Waals surface area contributed by atoms with Crippen LogP contribution in [-0.2, 0) is 4.79 Å². The largest absolute Gasteiger partial charge is 0.486 e. The number of amides is 1. The molecule has 0 radical (unpaired) electrons. The summed E-state index contributed by atoms with van der Waals surface area (Å²) in [6.07, 6.45) is 0. The Hall–Kier alpha value is -3.40. The van der Waals surface area contributed by atoms with E-state index in [1.807, 2.05) is 0 Å². The first-order chi connectivity index (χ1) is 14.1. The van der Waals surface area contributed by atoms with E-state index in [1.54, 1.807) is 24.3 Å². The van der Waals surface area contributed by atoms with Gasteiger partial charge >= 0.3 is 0 Å². The average Bonchev–Trinajstić information content (AvgIpc) is 2.72. The van der Waals surface area contributed by atoms with Crippen LogP contribution >= 0.6 is 11.8 Å². The molecule has 0 fully saturated rings. The Kier molecular flexibility index (Phi) is 5.43. The predicted octanol–water partition coefficient (Wildman–Crippen LogP) is 2.47. The number of aromatic amines is 1. The quantitative estimate of drug-likeness (QED) is 0.618. The van der Waals surface area contributed by atoms with Crippen LogP contribution in [0, 0.1) is 5.82 Å². The molecule has 148 valence electrons. The van der Waals surface area contributed by atoms with Crippen molar-refractivity contribution in [1.29, 1.82) is 0 Å². The normalized spacial score (nSPS) is 12.4. The van der Waals surface area contributed by atoms with Gasteiger partial charge in [0, 0.05) is 11.3 Å². The van der Waals surface area contributed by atoms with Crippen LogP contribution in [-0.4, -0.2) is 40.1 Å². The molecule has 1 aromatic heterocycles. The van der Waals surface area contributed by atoms with E-state index in [0.29, 0.717) is 36.0 Å². The number of thioether (sulfide) groups is 1. The molecule has 0 spiro atoms. The molecule has 1 aliphatic heterocycles. The number of benzene rings is 2. The molecular formula is C19H15FN4O4S. The summed E-state index contributed by atoms with van der Waals surface area (Å²) in [6.45, 7) is 0.914. The van der Waals surface area contributed by atoms with Crippen LogP contribution in [0.15, 0.2) is 52.4 Å². The third-order valence-electron chi connectivity index (χ3n) is 3.94. The molecule has 1 aliphatic rings. The number of rotatable bonds is 5. The van der Waals surface area contributed by atoms with Gasteiger partial charge in [0.1, 0.15) is 19.0 Å². The summed E-state index contributed by atoms with van der Waals surface area (Å²) in [6, 6.07) is 10.7. The summed E-state index contributed by atoms with van der Waals surface area (Å²) in [4.78, 5) is 27.0. The fourth-order valence-corrected chi connectivity index (χ4v) is 3.27. The summed E-state index contributed by atoms with van der Waals surface area (Å²) in [5, 5.41) is 10.7. The molecule has 10 heteroatoms. The second kappa shape index (κ2) is 8.31. The molecular weight excluding hydrogens is 399 g/mol. The van der Waals surface area contributed by atoms with E-state index in [-0.39, 0.29) is 22.5 Å². The number of halogens is 1. The van der Waals surface area contributed by atoms with E-state index in [0.717, 1.165) is 11.8 Å². The lowest BCUT2D eigenvalue weighted by atomic mass is 10.1. The van der Waals surface area contributed by atoms with Gasteiger partial charge in [0.15, 0.2) is 22.3 Å². The second-order valence-corrected chi connectivity index (χ2v) is 6.98. The Bertz CT molecular complexity index is 1120. The van der Waals surface area contributed by atoms with E-state index in [1.165, 1.54) is 18.2 Å². The van der Waals surface area contributed by atoms with Gasteiger partial charge in [-0.2, -0.15) is 0 Å². The lowest BCUT2D eigenvalue weighted by Crippen LogP contribution is -2.18. The van der Waals surface area contributed by atoms with Crippen molar-refractivity contribution in [3.63, 3.8) is 0 Å². The third kappa shape index (κ3) is 4.54. The van der Waals surface area contributed by atoms with Crippen LogP contribution in [0.1, 0.15) is 0 Å². The van der Waals surface area contributed by atoms with Crippen molar-refractivity contribution >= 4 is 23.4 Å². The number of hydrogen-bond donors (Lipinski definition) is 2. The SMILES string of the molecule is O=C(CSc1nnc(-c2ccc3c(c2)OCCO3)c(=O)[nH]1)Nc1cccc(F)c1. The van der Waals surface area contributed by atoms with Crippen molar-refractivity contribution in [2.75, 3.05) is 24.3 Å². The van der Waals surface area contributed by atoms with Gasteiger partial charge in [0.25, 0.3) is 5.56 Å². The molecule has 0 unspecified atom stereocenters. The molecule has 4 rings (SSSR count). The Labute approximate surface area is 168 Å². The number of nitrogens with zero attached hydrogens (tertiary/aromatic N) is 2. The number of anilines is 1. The summed E-state index contributed by atoms with van der Waals surface area (Å²) < 4.78 is 24.1. The molecule has 2 N–H and O–H groups in total. The number of H-pyrrole nitrogens is 1. The topological polar surface area (TPSA) is 106 Å². The lowest BCUT2D eigenvalue weighted by Gasteiger charge is -2.18. The molecule has 29 heavy (non-hydrogen) atoms. The Morgan fingerprint density at radius 3 is 2.76 bits per heavy atom. The maximum atomic E-state index is 13.2. The summed E-state index contributed by atoms with van der Waals surface area (Å²) in [7, 11) is 0.